The zero-order chi connectivity index (χ0) is 9.68. The number of nitrogens with zero attached hydrogens (tertiary/aromatic N) is 2. The predicted molar refractivity (Wildman–Crippen MR) is 53.3 cm³/mol. The molecule has 1 heterocycles. The lowest BCUT2D eigenvalue weighted by Crippen LogP contribution is -2.45. The van der Waals surface area contributed by atoms with Crippen molar-refractivity contribution in [2.45, 2.75) is 38.3 Å². The van der Waals surface area contributed by atoms with E-state index in [1.165, 1.54) is 19.3 Å². The number of likely N-dealkylation sites (tertiary alicyclic amines) is 1. The first kappa shape index (κ1) is 10.5. The van der Waals surface area contributed by atoms with Crippen LogP contribution in [0.3, 0.4) is 0 Å². The van der Waals surface area contributed by atoms with Gasteiger partial charge in [0.25, 0.3) is 0 Å². The van der Waals surface area contributed by atoms with Gasteiger partial charge in [0.05, 0.1) is 6.07 Å². The molecule has 0 spiro atoms. The van der Waals surface area contributed by atoms with Gasteiger partial charge in [0.1, 0.15) is 6.04 Å². The fraction of sp³-hybridized carbons (Fsp3) is 0.900. The van der Waals surface area contributed by atoms with Crippen molar-refractivity contribution in [1.29, 1.82) is 5.26 Å². The molecule has 1 fully saturated rings. The molecule has 1 aliphatic rings. The van der Waals surface area contributed by atoms with Crippen LogP contribution in [0.25, 0.3) is 0 Å². The Kier molecular flexibility index (Phi) is 4.20. The van der Waals surface area contributed by atoms with E-state index in [0.29, 0.717) is 6.04 Å². The smallest absolute Gasteiger partial charge is 0.108 e. The van der Waals surface area contributed by atoms with Crippen LogP contribution >= 0.6 is 0 Å². The van der Waals surface area contributed by atoms with Crippen molar-refractivity contribution in [3.05, 3.63) is 0 Å². The van der Waals surface area contributed by atoms with E-state index in [-0.39, 0.29) is 6.04 Å². The summed E-state index contributed by atoms with van der Waals surface area (Å²) in [5.41, 5.74) is 0. The summed E-state index contributed by atoms with van der Waals surface area (Å²) in [6.07, 6.45) is 3.91. The van der Waals surface area contributed by atoms with Gasteiger partial charge in [0, 0.05) is 12.6 Å². The van der Waals surface area contributed by atoms with Crippen molar-refractivity contribution < 1.29 is 0 Å². The largest absolute Gasteiger partial charge is 0.304 e. The second-order valence-electron chi connectivity index (χ2n) is 3.81. The number of piperidine rings is 1. The highest BCUT2D eigenvalue weighted by Gasteiger charge is 2.20. The summed E-state index contributed by atoms with van der Waals surface area (Å²) in [6.45, 7) is 4.28. The number of nitriles is 1. The van der Waals surface area contributed by atoms with Crippen LogP contribution in [0.1, 0.15) is 26.2 Å². The molecule has 0 aromatic carbocycles. The third-order valence-corrected chi connectivity index (χ3v) is 2.86. The van der Waals surface area contributed by atoms with Gasteiger partial charge >= 0.3 is 0 Å². The Morgan fingerprint density at radius 1 is 1.62 bits per heavy atom. The van der Waals surface area contributed by atoms with Gasteiger partial charge in [-0.2, -0.15) is 5.26 Å². The molecular formula is C10H19N3. The average Bonchev–Trinajstić information content (AvgIpc) is 2.17. The van der Waals surface area contributed by atoms with Gasteiger partial charge in [-0.15, -0.1) is 0 Å². The number of hydrogen-bond acceptors (Lipinski definition) is 3. The summed E-state index contributed by atoms with van der Waals surface area (Å²) < 4.78 is 0. The second kappa shape index (κ2) is 5.21. The van der Waals surface area contributed by atoms with Crippen LogP contribution in [0, 0.1) is 11.3 Å². The molecule has 0 bridgehead atoms. The van der Waals surface area contributed by atoms with E-state index in [1.54, 1.807) is 0 Å². The lowest BCUT2D eigenvalue weighted by molar-refractivity contribution is 0.154. The fourth-order valence-electron chi connectivity index (χ4n) is 1.86. The van der Waals surface area contributed by atoms with Crippen molar-refractivity contribution in [1.82, 2.24) is 10.2 Å². The number of hydrogen-bond donors (Lipinski definition) is 1. The molecule has 0 amide bonds. The fourth-order valence-corrected chi connectivity index (χ4v) is 1.86. The quantitative estimate of drug-likeness (QED) is 0.705. The molecule has 0 aromatic rings. The summed E-state index contributed by atoms with van der Waals surface area (Å²) in [5.74, 6) is 0. The molecule has 1 rings (SSSR count). The Morgan fingerprint density at radius 3 is 2.92 bits per heavy atom. The Bertz CT molecular complexity index is 185. The molecule has 1 N–H and O–H groups in total. The van der Waals surface area contributed by atoms with E-state index >= 15 is 0 Å². The Labute approximate surface area is 80.7 Å². The Morgan fingerprint density at radius 2 is 2.38 bits per heavy atom. The zero-order valence-electron chi connectivity index (χ0n) is 8.58. The van der Waals surface area contributed by atoms with Gasteiger partial charge in [-0.25, -0.2) is 0 Å². The first-order valence-electron chi connectivity index (χ1n) is 5.09. The third kappa shape index (κ3) is 2.98. The average molecular weight is 181 g/mol. The molecule has 3 nitrogen and oxygen atoms in total. The molecule has 0 radical (unpaired) electrons. The summed E-state index contributed by atoms with van der Waals surface area (Å²) in [4.78, 5) is 2.41. The van der Waals surface area contributed by atoms with Crippen LogP contribution in [0.2, 0.25) is 0 Å². The third-order valence-electron chi connectivity index (χ3n) is 2.86. The lowest BCUT2D eigenvalue weighted by Gasteiger charge is -2.34. The van der Waals surface area contributed by atoms with Crippen molar-refractivity contribution in [3.8, 4) is 6.07 Å². The van der Waals surface area contributed by atoms with Gasteiger partial charge in [0.2, 0.25) is 0 Å². The molecule has 1 aliphatic heterocycles. The van der Waals surface area contributed by atoms with Gasteiger partial charge in [-0.1, -0.05) is 6.42 Å². The maximum atomic E-state index is 8.80. The maximum absolute atomic E-state index is 8.80. The monoisotopic (exact) mass is 181 g/mol. The second-order valence-corrected chi connectivity index (χ2v) is 3.81. The van der Waals surface area contributed by atoms with E-state index in [4.69, 9.17) is 5.26 Å². The van der Waals surface area contributed by atoms with Crippen LogP contribution in [0.4, 0.5) is 0 Å². The highest BCUT2D eigenvalue weighted by atomic mass is 15.2. The summed E-state index contributed by atoms with van der Waals surface area (Å²) in [5, 5.41) is 11.8. The summed E-state index contributed by atoms with van der Waals surface area (Å²) >= 11 is 0. The first-order chi connectivity index (χ1) is 6.27. The molecule has 2 atom stereocenters. The molecule has 0 aliphatic carbocycles. The number of nitrogens with one attached hydrogen (secondary N) is 1. The molecular weight excluding hydrogens is 162 g/mol. The van der Waals surface area contributed by atoms with Crippen LogP contribution in [-0.4, -0.2) is 37.1 Å². The van der Waals surface area contributed by atoms with Crippen molar-refractivity contribution in [3.63, 3.8) is 0 Å². The highest BCUT2D eigenvalue weighted by Crippen LogP contribution is 2.16. The van der Waals surface area contributed by atoms with Gasteiger partial charge in [-0.3, -0.25) is 4.90 Å². The molecule has 74 valence electrons. The highest BCUT2D eigenvalue weighted by molar-refractivity contribution is 4.92. The van der Waals surface area contributed by atoms with Crippen LogP contribution < -0.4 is 5.32 Å². The van der Waals surface area contributed by atoms with Crippen molar-refractivity contribution in [2.24, 2.45) is 0 Å². The minimum atomic E-state index is -0.0134. The normalized spacial score (nSPS) is 26.7. The van der Waals surface area contributed by atoms with E-state index in [9.17, 15) is 0 Å². The number of likely N-dealkylation sites (N-methyl/N-ethyl adjacent to an activating group) is 1. The van der Waals surface area contributed by atoms with Crippen LogP contribution in [-0.2, 0) is 0 Å². The Hall–Kier alpha value is -0.590. The molecule has 0 aromatic heterocycles. The van der Waals surface area contributed by atoms with E-state index < -0.39 is 0 Å². The minimum Gasteiger partial charge on any atom is -0.304 e. The van der Waals surface area contributed by atoms with E-state index in [1.807, 2.05) is 7.05 Å². The molecule has 2 unspecified atom stereocenters. The maximum Gasteiger partial charge on any atom is 0.108 e. The summed E-state index contributed by atoms with van der Waals surface area (Å²) in [7, 11) is 1.85. The SMILES string of the molecule is CNC(C#N)CN1CCCCC1C. The van der Waals surface area contributed by atoms with Gasteiger partial charge < -0.3 is 5.32 Å². The predicted octanol–water partition coefficient (Wildman–Crippen LogP) is 0.972. The summed E-state index contributed by atoms with van der Waals surface area (Å²) in [6, 6.07) is 2.90. The van der Waals surface area contributed by atoms with Gasteiger partial charge in [0.15, 0.2) is 0 Å². The van der Waals surface area contributed by atoms with Crippen molar-refractivity contribution >= 4 is 0 Å². The van der Waals surface area contributed by atoms with Crippen LogP contribution in [0.15, 0.2) is 0 Å². The van der Waals surface area contributed by atoms with Crippen LogP contribution in [0.5, 0.6) is 0 Å². The zero-order valence-corrected chi connectivity index (χ0v) is 8.58. The molecule has 3 heteroatoms. The molecule has 0 saturated carbocycles. The Balaban J connectivity index is 2.37. The van der Waals surface area contributed by atoms with Gasteiger partial charge in [-0.05, 0) is 33.4 Å². The lowest BCUT2D eigenvalue weighted by atomic mass is 10.0. The molecule has 1 saturated heterocycles. The number of rotatable bonds is 3. The van der Waals surface area contributed by atoms with Crippen molar-refractivity contribution in [2.75, 3.05) is 20.1 Å². The minimum absolute atomic E-state index is 0.0134. The first-order valence-corrected chi connectivity index (χ1v) is 5.09. The van der Waals surface area contributed by atoms with E-state index in [0.717, 1.165) is 13.1 Å². The van der Waals surface area contributed by atoms with E-state index in [2.05, 4.69) is 23.2 Å². The molecule has 13 heavy (non-hydrogen) atoms. The standard InChI is InChI=1S/C10H19N3/c1-9-5-3-4-6-13(9)8-10(7-11)12-2/h9-10,12H,3-6,8H2,1-2H3. The topological polar surface area (TPSA) is 39.1 Å².